The van der Waals surface area contributed by atoms with E-state index in [0.29, 0.717) is 26.1 Å². The number of likely N-dealkylation sites (tertiary alicyclic amines) is 1. The molecule has 4 aromatic rings. The number of halogens is 2. The van der Waals surface area contributed by atoms with Gasteiger partial charge in [-0.2, -0.15) is 0 Å². The molecule has 2 saturated heterocycles. The summed E-state index contributed by atoms with van der Waals surface area (Å²) in [6, 6.07) is 16.7. The molecule has 22 heteroatoms. The summed E-state index contributed by atoms with van der Waals surface area (Å²) < 4.78 is 27.3. The number of rotatable bonds is 24. The highest BCUT2D eigenvalue weighted by Crippen LogP contribution is 2.41. The number of aryl methyl sites for hydroxylation is 2. The molecule has 2 fully saturated rings. The van der Waals surface area contributed by atoms with Gasteiger partial charge in [0.25, 0.3) is 0 Å². The molecule has 4 unspecified atom stereocenters. The lowest BCUT2D eigenvalue weighted by Crippen LogP contribution is -2.45. The largest absolute Gasteiger partial charge is 0.555 e. The molecule has 0 bridgehead atoms. The number of hydrogen-bond acceptors (Lipinski definition) is 13. The summed E-state index contributed by atoms with van der Waals surface area (Å²) in [6.07, 6.45) is 9.82. The number of amides is 1. The topological polar surface area (TPSA) is 208 Å². The Bertz CT molecular complexity index is 2390. The summed E-state index contributed by atoms with van der Waals surface area (Å²) in [5.74, 6) is 1.84. The van der Waals surface area contributed by atoms with E-state index in [1.807, 2.05) is 14.1 Å². The Hall–Kier alpha value is -4.12. The summed E-state index contributed by atoms with van der Waals surface area (Å²) in [5, 5.41) is 20.1. The Labute approximate surface area is 468 Å². The van der Waals surface area contributed by atoms with Gasteiger partial charge in [0.05, 0.1) is 23.8 Å². The molecule has 2 aliphatic rings. The zero-order valence-corrected chi connectivity index (χ0v) is 51.4. The minimum atomic E-state index is -1.91. The zero-order valence-electron chi connectivity index (χ0n) is 47.9. The lowest BCUT2D eigenvalue weighted by molar-refractivity contribution is -0.123. The van der Waals surface area contributed by atoms with Crippen molar-refractivity contribution < 1.29 is 27.7 Å². The van der Waals surface area contributed by atoms with E-state index in [9.17, 15) is 9.59 Å². The smallest absolute Gasteiger partial charge is 0.376 e. The van der Waals surface area contributed by atoms with Crippen LogP contribution in [-0.4, -0.2) is 131 Å². The standard InChI is InChI=1S/C27H43BN5O3Si.C22H36BN4O2Si.C3H7N.C2H2Cl2O/c1-20(36-37(6,7)27(2,3)4)26-31-24(17-32(26)5)22-11-9-21(10-12-22)15-23(28-35-19-29)16-30-25(34)18-33-13-8-14-33;1-16(29-30(6,7)22(2,3)4)21-26-20(14-27(21)5)18-10-8-17(9-11-18)12-19(13-24)23-28-15-25;1-2-4-3-1;3-1-2(4)5/h9-12,17,19-20,23,29H,8,13-16,18H2,1-7H3,(H,30,34);8-11,14-16,19,25H,12-13,24H2,1-7H3;4H,1-3H2;1H2. The van der Waals surface area contributed by atoms with Gasteiger partial charge in [0.15, 0.2) is 16.6 Å². The van der Waals surface area contributed by atoms with Crippen LogP contribution in [0.5, 0.6) is 0 Å². The van der Waals surface area contributed by atoms with E-state index in [2.05, 4.69) is 167 Å². The first-order valence-electron chi connectivity index (χ1n) is 26.4. The number of nitrogens with zero attached hydrogens (tertiary/aromatic N) is 5. The molecule has 16 nitrogen and oxygen atoms in total. The molecule has 0 saturated carbocycles. The van der Waals surface area contributed by atoms with Crippen LogP contribution in [0.2, 0.25) is 47.9 Å². The third-order valence-corrected chi connectivity index (χ3v) is 23.9. The van der Waals surface area contributed by atoms with Gasteiger partial charge in [-0.15, -0.1) is 11.6 Å². The maximum atomic E-state index is 12.2. The van der Waals surface area contributed by atoms with Crippen LogP contribution in [0.15, 0.2) is 60.9 Å². The van der Waals surface area contributed by atoms with Gasteiger partial charge in [0.2, 0.25) is 11.1 Å². The fourth-order valence-electron chi connectivity index (χ4n) is 7.44. The maximum Gasteiger partial charge on any atom is 0.376 e. The molecule has 76 heavy (non-hydrogen) atoms. The number of carbonyl (C=O) groups is 2. The van der Waals surface area contributed by atoms with Crippen LogP contribution < -0.4 is 16.4 Å². The van der Waals surface area contributed by atoms with Crippen molar-refractivity contribution in [2.24, 2.45) is 19.8 Å². The van der Waals surface area contributed by atoms with Crippen molar-refractivity contribution in [3.63, 3.8) is 0 Å². The minimum Gasteiger partial charge on any atom is -0.555 e. The third-order valence-electron chi connectivity index (χ3n) is 14.3. The van der Waals surface area contributed by atoms with Gasteiger partial charge >= 0.3 is 15.0 Å². The van der Waals surface area contributed by atoms with E-state index in [1.54, 1.807) is 15.0 Å². The number of alkyl halides is 1. The summed E-state index contributed by atoms with van der Waals surface area (Å²) >= 11 is 9.55. The first kappa shape index (κ1) is 66.2. The van der Waals surface area contributed by atoms with E-state index in [1.165, 1.54) is 25.1 Å². The van der Waals surface area contributed by atoms with Gasteiger partial charge in [-0.1, -0.05) is 90.1 Å². The first-order valence-corrected chi connectivity index (χ1v) is 33.1. The number of aromatic nitrogens is 4. The molecule has 418 valence electrons. The molecule has 0 spiro atoms. The SMILES string of the molecule is C1CNC1.CC(O[Si](C)(C)C(C)(C)C)c1nc(-c2ccc(CC([B]OC=N)CN)cc2)cn1C.CC(O[Si](C)(C)C(C)(C)C)c1nc(-c2ccc(CC([B]OC=N)CNC(=O)CN3CCC3)cc2)cn1C.O=C(Cl)CCl. The van der Waals surface area contributed by atoms with Crippen LogP contribution in [-0.2, 0) is 54.7 Å². The average Bonchev–Trinajstić information content (AvgIpc) is 3.91. The monoisotopic (exact) mass is 1120 g/mol. The Morgan fingerprint density at radius 2 is 1.14 bits per heavy atom. The number of carbonyl (C=O) groups excluding carboxylic acids is 2. The van der Waals surface area contributed by atoms with Crippen molar-refractivity contribution in [1.29, 1.82) is 10.8 Å². The van der Waals surface area contributed by atoms with Gasteiger partial charge in [-0.05, 0) is 143 Å². The van der Waals surface area contributed by atoms with Gasteiger partial charge in [0.1, 0.15) is 36.7 Å². The summed E-state index contributed by atoms with van der Waals surface area (Å²) in [4.78, 5) is 33.6. The lowest BCUT2D eigenvalue weighted by Gasteiger charge is -2.38. The highest BCUT2D eigenvalue weighted by molar-refractivity contribution is 6.74. The average molecular weight is 1120 g/mol. The Morgan fingerprint density at radius 3 is 1.46 bits per heavy atom. The van der Waals surface area contributed by atoms with Crippen molar-refractivity contribution in [3.8, 4) is 22.5 Å². The van der Waals surface area contributed by atoms with Crippen LogP contribution >= 0.6 is 23.2 Å². The number of nitrogens with one attached hydrogen (secondary N) is 4. The van der Waals surface area contributed by atoms with Crippen LogP contribution in [0.4, 0.5) is 0 Å². The lowest BCUT2D eigenvalue weighted by atomic mass is 9.75. The highest BCUT2D eigenvalue weighted by Gasteiger charge is 2.40. The van der Waals surface area contributed by atoms with E-state index in [4.69, 9.17) is 67.9 Å². The molecular formula is C54H88B2Cl2N10O6Si2. The van der Waals surface area contributed by atoms with Crippen molar-refractivity contribution in [1.82, 2.24) is 34.6 Å². The van der Waals surface area contributed by atoms with E-state index in [0.717, 1.165) is 78.5 Å². The van der Waals surface area contributed by atoms with Gasteiger partial charge in [0, 0.05) is 44.2 Å². The van der Waals surface area contributed by atoms with Gasteiger partial charge < -0.3 is 43.7 Å². The van der Waals surface area contributed by atoms with Crippen LogP contribution in [0, 0.1) is 10.8 Å². The van der Waals surface area contributed by atoms with Crippen LogP contribution in [0.25, 0.3) is 22.5 Å². The second-order valence-electron chi connectivity index (χ2n) is 22.6. The molecule has 1 amide bonds. The molecule has 2 radical (unpaired) electrons. The molecule has 4 heterocycles. The fourth-order valence-corrected chi connectivity index (χ4v) is 10.1. The molecule has 0 aliphatic carbocycles. The van der Waals surface area contributed by atoms with Crippen molar-refractivity contribution >= 4 is 78.8 Å². The van der Waals surface area contributed by atoms with E-state index < -0.39 is 21.9 Å². The maximum absolute atomic E-state index is 12.2. The zero-order chi connectivity index (χ0) is 56.9. The Balaban J connectivity index is 0.000000348. The fraction of sp³-hybridized carbons (Fsp3) is 0.593. The molecule has 2 aromatic carbocycles. The van der Waals surface area contributed by atoms with Crippen molar-refractivity contribution in [2.45, 2.75) is 141 Å². The molecule has 2 aromatic heterocycles. The number of hydrogen-bond donors (Lipinski definition) is 5. The van der Waals surface area contributed by atoms with Crippen molar-refractivity contribution in [2.75, 3.05) is 51.7 Å². The second kappa shape index (κ2) is 31.5. The molecule has 6 rings (SSSR count). The first-order chi connectivity index (χ1) is 35.6. The molecule has 6 N–H and O–H groups in total. The normalized spacial score (nSPS) is 15.2. The third kappa shape index (κ3) is 22.0. The number of benzene rings is 2. The number of nitrogens with two attached hydrogens (primary N) is 1. The Kier molecular flexibility index (Phi) is 27.4. The van der Waals surface area contributed by atoms with Crippen molar-refractivity contribution in [3.05, 3.63) is 83.7 Å². The highest BCUT2D eigenvalue weighted by atomic mass is 35.5. The second-order valence-corrected chi connectivity index (χ2v) is 32.8. The summed E-state index contributed by atoms with van der Waals surface area (Å²) in [5.41, 5.74) is 12.1. The molecule has 4 atom stereocenters. The molecule has 2 aliphatic heterocycles. The summed E-state index contributed by atoms with van der Waals surface area (Å²) in [7, 11) is 3.51. The minimum absolute atomic E-state index is 0.0287. The van der Waals surface area contributed by atoms with E-state index in [-0.39, 0.29) is 45.7 Å². The van der Waals surface area contributed by atoms with Crippen LogP contribution in [0.3, 0.4) is 0 Å². The number of imidazole rings is 2. The predicted molar refractivity (Wildman–Crippen MR) is 319 cm³/mol. The predicted octanol–water partition coefficient (Wildman–Crippen LogP) is 10.2. The van der Waals surface area contributed by atoms with Gasteiger partial charge in [-0.25, -0.2) is 9.97 Å². The van der Waals surface area contributed by atoms with Gasteiger partial charge in [-0.3, -0.25) is 25.3 Å². The van der Waals surface area contributed by atoms with Crippen LogP contribution in [0.1, 0.15) is 103 Å². The Morgan fingerprint density at radius 1 is 0.763 bits per heavy atom. The summed E-state index contributed by atoms with van der Waals surface area (Å²) in [6.45, 7) is 32.6. The quantitative estimate of drug-likeness (QED) is 0.0147. The van der Waals surface area contributed by atoms with E-state index >= 15 is 0 Å². The molecular weight excluding hydrogens is 1030 g/mol.